The third-order valence-corrected chi connectivity index (χ3v) is 5.46. The molecule has 1 saturated carbocycles. The number of nitrogens with zero attached hydrogens (tertiary/aromatic N) is 3. The highest BCUT2D eigenvalue weighted by Gasteiger charge is 2.33. The number of hydrogen-bond donors (Lipinski definition) is 1. The average molecular weight is 446 g/mol. The molecular formula is C23H25F3N4O2. The first kappa shape index (κ1) is 22.1. The minimum absolute atomic E-state index is 0.171. The second-order valence-corrected chi connectivity index (χ2v) is 8.33. The van der Waals surface area contributed by atoms with Crippen molar-refractivity contribution >= 4 is 22.5 Å². The normalized spacial score (nSPS) is 15.3. The lowest BCUT2D eigenvalue weighted by atomic mass is 9.96. The first-order valence-corrected chi connectivity index (χ1v) is 10.8. The summed E-state index contributed by atoms with van der Waals surface area (Å²) < 4.78 is 46.8. The molecular weight excluding hydrogens is 421 g/mol. The van der Waals surface area contributed by atoms with E-state index in [9.17, 15) is 18.0 Å². The number of aromatic nitrogens is 3. The van der Waals surface area contributed by atoms with Crippen molar-refractivity contribution in [1.29, 1.82) is 0 Å². The Labute approximate surface area is 183 Å². The monoisotopic (exact) mass is 446 g/mol. The smallest absolute Gasteiger partial charge is 0.433 e. The molecule has 0 spiro atoms. The summed E-state index contributed by atoms with van der Waals surface area (Å²) in [5.41, 5.74) is -0.346. The Morgan fingerprint density at radius 1 is 1.19 bits per heavy atom. The van der Waals surface area contributed by atoms with Gasteiger partial charge >= 0.3 is 6.18 Å². The minimum Gasteiger partial charge on any atom is -0.489 e. The lowest BCUT2D eigenvalue weighted by molar-refractivity contribution is -0.141. The standard InChI is InChI=1S/C23H25F3N4O2/c1-14(2)32-20-12-18-15(13-30(29-18)16-7-4-3-5-8-16)11-19(20)28-22(31)17-9-6-10-21(27-17)23(24,25)26/h6,9-14,16H,3-5,7-8H2,1-2H3,(H,28,31). The number of nitrogens with one attached hydrogen (secondary N) is 1. The molecule has 6 nitrogen and oxygen atoms in total. The van der Waals surface area contributed by atoms with E-state index in [-0.39, 0.29) is 11.8 Å². The zero-order valence-corrected chi connectivity index (χ0v) is 17.9. The fourth-order valence-corrected chi connectivity index (χ4v) is 3.96. The van der Waals surface area contributed by atoms with Crippen LogP contribution in [-0.4, -0.2) is 26.8 Å². The number of halogens is 3. The average Bonchev–Trinajstić information content (AvgIpc) is 3.16. The quantitative estimate of drug-likeness (QED) is 0.522. The number of amides is 1. The molecule has 9 heteroatoms. The number of fused-ring (bicyclic) bond motifs is 1. The molecule has 1 amide bonds. The Morgan fingerprint density at radius 2 is 1.94 bits per heavy atom. The van der Waals surface area contributed by atoms with Crippen LogP contribution in [-0.2, 0) is 6.18 Å². The van der Waals surface area contributed by atoms with Crippen molar-refractivity contribution < 1.29 is 22.7 Å². The minimum atomic E-state index is -4.63. The molecule has 1 aromatic carbocycles. The maximum absolute atomic E-state index is 13.0. The molecule has 0 aliphatic heterocycles. The highest BCUT2D eigenvalue weighted by Crippen LogP contribution is 2.34. The van der Waals surface area contributed by atoms with E-state index in [1.807, 2.05) is 24.7 Å². The highest BCUT2D eigenvalue weighted by molar-refractivity contribution is 6.05. The summed E-state index contributed by atoms with van der Waals surface area (Å²) in [6, 6.07) is 7.07. The van der Waals surface area contributed by atoms with E-state index in [0.717, 1.165) is 35.9 Å². The van der Waals surface area contributed by atoms with E-state index in [2.05, 4.69) is 10.3 Å². The Bertz CT molecular complexity index is 1120. The fourth-order valence-electron chi connectivity index (χ4n) is 3.96. The van der Waals surface area contributed by atoms with Crippen molar-refractivity contribution in [2.75, 3.05) is 5.32 Å². The lowest BCUT2D eigenvalue weighted by Gasteiger charge is -2.21. The van der Waals surface area contributed by atoms with Crippen molar-refractivity contribution in [3.05, 3.63) is 47.9 Å². The van der Waals surface area contributed by atoms with Gasteiger partial charge in [-0.3, -0.25) is 9.48 Å². The number of hydrogen-bond acceptors (Lipinski definition) is 4. The van der Waals surface area contributed by atoms with Crippen molar-refractivity contribution in [2.24, 2.45) is 0 Å². The van der Waals surface area contributed by atoms with Gasteiger partial charge in [0.05, 0.1) is 23.3 Å². The molecule has 2 aromatic heterocycles. The topological polar surface area (TPSA) is 69.0 Å². The zero-order valence-electron chi connectivity index (χ0n) is 17.9. The molecule has 170 valence electrons. The summed E-state index contributed by atoms with van der Waals surface area (Å²) in [5.74, 6) is -0.342. The van der Waals surface area contributed by atoms with Gasteiger partial charge in [0.2, 0.25) is 0 Å². The van der Waals surface area contributed by atoms with Crippen LogP contribution in [0.4, 0.5) is 18.9 Å². The van der Waals surface area contributed by atoms with Gasteiger partial charge in [-0.05, 0) is 44.9 Å². The molecule has 2 heterocycles. The number of carbonyl (C=O) groups is 1. The maximum Gasteiger partial charge on any atom is 0.433 e. The summed E-state index contributed by atoms with van der Waals surface area (Å²) in [6.45, 7) is 3.70. The van der Waals surface area contributed by atoms with E-state index in [4.69, 9.17) is 9.84 Å². The van der Waals surface area contributed by atoms with Crippen molar-refractivity contribution in [1.82, 2.24) is 14.8 Å². The van der Waals surface area contributed by atoms with Crippen molar-refractivity contribution in [3.8, 4) is 5.75 Å². The number of anilines is 1. The van der Waals surface area contributed by atoms with Crippen LogP contribution >= 0.6 is 0 Å². The van der Waals surface area contributed by atoms with Crippen LogP contribution in [0.15, 0.2) is 36.5 Å². The Morgan fingerprint density at radius 3 is 2.62 bits per heavy atom. The fraction of sp³-hybridized carbons (Fsp3) is 0.435. The summed E-state index contributed by atoms with van der Waals surface area (Å²) in [7, 11) is 0. The van der Waals surface area contributed by atoms with E-state index < -0.39 is 17.8 Å². The lowest BCUT2D eigenvalue weighted by Crippen LogP contribution is -2.18. The molecule has 0 radical (unpaired) electrons. The molecule has 32 heavy (non-hydrogen) atoms. The number of benzene rings is 1. The Hall–Kier alpha value is -3.10. The van der Waals surface area contributed by atoms with E-state index in [1.54, 1.807) is 12.1 Å². The predicted molar refractivity (Wildman–Crippen MR) is 115 cm³/mol. The SMILES string of the molecule is CC(C)Oc1cc2nn(C3CCCCC3)cc2cc1NC(=O)c1cccc(C(F)(F)F)n1. The number of pyridine rings is 1. The molecule has 0 atom stereocenters. The van der Waals surface area contributed by atoms with Gasteiger partial charge in [-0.25, -0.2) is 4.98 Å². The molecule has 1 fully saturated rings. The van der Waals surface area contributed by atoms with Crippen molar-refractivity contribution in [3.63, 3.8) is 0 Å². The highest BCUT2D eigenvalue weighted by atomic mass is 19.4. The van der Waals surface area contributed by atoms with Crippen LogP contribution in [0.25, 0.3) is 10.9 Å². The van der Waals surface area contributed by atoms with Crippen LogP contribution in [0.5, 0.6) is 5.75 Å². The van der Waals surface area contributed by atoms with Gasteiger partial charge in [-0.15, -0.1) is 0 Å². The van der Waals surface area contributed by atoms with Crippen LogP contribution in [0, 0.1) is 0 Å². The second kappa shape index (κ2) is 8.80. The van der Waals surface area contributed by atoms with E-state index in [1.165, 1.54) is 25.3 Å². The van der Waals surface area contributed by atoms with Crippen LogP contribution in [0.2, 0.25) is 0 Å². The van der Waals surface area contributed by atoms with Gasteiger partial charge in [-0.2, -0.15) is 18.3 Å². The molecule has 1 aliphatic rings. The predicted octanol–water partition coefficient (Wildman–Crippen LogP) is 5.99. The van der Waals surface area contributed by atoms with Gasteiger partial charge in [0.1, 0.15) is 17.1 Å². The third kappa shape index (κ3) is 4.87. The van der Waals surface area contributed by atoms with E-state index in [0.29, 0.717) is 17.5 Å². The first-order valence-electron chi connectivity index (χ1n) is 10.8. The summed E-state index contributed by atoms with van der Waals surface area (Å²) in [4.78, 5) is 16.2. The van der Waals surface area contributed by atoms with Crippen LogP contribution in [0.3, 0.4) is 0 Å². The van der Waals surface area contributed by atoms with E-state index >= 15 is 0 Å². The van der Waals surface area contributed by atoms with Gasteiger partial charge in [-0.1, -0.05) is 25.3 Å². The largest absolute Gasteiger partial charge is 0.489 e. The Balaban J connectivity index is 1.66. The zero-order chi connectivity index (χ0) is 22.9. The molecule has 1 aliphatic carbocycles. The second-order valence-electron chi connectivity index (χ2n) is 8.33. The molecule has 1 N–H and O–H groups in total. The van der Waals surface area contributed by atoms with Gasteiger partial charge in [0, 0.05) is 17.6 Å². The molecule has 0 bridgehead atoms. The molecule has 0 unspecified atom stereocenters. The molecule has 0 saturated heterocycles. The maximum atomic E-state index is 13.0. The summed E-state index contributed by atoms with van der Waals surface area (Å²) >= 11 is 0. The first-order chi connectivity index (χ1) is 15.2. The number of ether oxygens (including phenoxy) is 1. The van der Waals surface area contributed by atoms with Gasteiger partial charge in [0.15, 0.2) is 0 Å². The van der Waals surface area contributed by atoms with Gasteiger partial charge in [0.25, 0.3) is 5.91 Å². The third-order valence-electron chi connectivity index (χ3n) is 5.46. The molecule has 4 rings (SSSR count). The van der Waals surface area contributed by atoms with Crippen molar-refractivity contribution in [2.45, 2.75) is 64.3 Å². The van der Waals surface area contributed by atoms with Crippen LogP contribution in [0.1, 0.15) is 68.2 Å². The number of alkyl halides is 3. The molecule has 3 aromatic rings. The van der Waals surface area contributed by atoms with Gasteiger partial charge < -0.3 is 10.1 Å². The number of carbonyl (C=O) groups excluding carboxylic acids is 1. The summed E-state index contributed by atoms with van der Waals surface area (Å²) in [6.07, 6.45) is 2.89. The summed E-state index contributed by atoms with van der Waals surface area (Å²) in [5, 5.41) is 8.19. The number of rotatable bonds is 5. The Kier molecular flexibility index (Phi) is 6.08. The van der Waals surface area contributed by atoms with Crippen LogP contribution < -0.4 is 10.1 Å².